The van der Waals surface area contributed by atoms with Gasteiger partial charge in [0.1, 0.15) is 11.0 Å². The van der Waals surface area contributed by atoms with Gasteiger partial charge in [-0.2, -0.15) is 5.10 Å². The van der Waals surface area contributed by atoms with Gasteiger partial charge in [-0.15, -0.1) is 0 Å². The number of piperidine rings is 1. The van der Waals surface area contributed by atoms with Crippen LogP contribution in [0.2, 0.25) is 0 Å². The first-order chi connectivity index (χ1) is 18.7. The van der Waals surface area contributed by atoms with E-state index in [4.69, 9.17) is 9.97 Å². The molecule has 2 fully saturated rings. The molecule has 7 rings (SSSR count). The van der Waals surface area contributed by atoms with Gasteiger partial charge in [0.2, 0.25) is 0 Å². The second kappa shape index (κ2) is 9.81. The van der Waals surface area contributed by atoms with E-state index in [1.165, 1.54) is 43.6 Å². The first-order valence-electron chi connectivity index (χ1n) is 13.7. The van der Waals surface area contributed by atoms with Gasteiger partial charge in [0.25, 0.3) is 0 Å². The first-order valence-corrected chi connectivity index (χ1v) is 13.7. The van der Waals surface area contributed by atoms with Crippen LogP contribution < -0.4 is 4.90 Å². The molecular weight excluding hydrogens is 474 g/mol. The summed E-state index contributed by atoms with van der Waals surface area (Å²) < 4.78 is 0. The monoisotopic (exact) mass is 507 g/mol. The summed E-state index contributed by atoms with van der Waals surface area (Å²) in [4.78, 5) is 25.4. The van der Waals surface area contributed by atoms with Crippen LogP contribution in [0.5, 0.6) is 0 Å². The van der Waals surface area contributed by atoms with Crippen LogP contribution in [0, 0.1) is 0 Å². The van der Waals surface area contributed by atoms with Crippen LogP contribution in [0.4, 0.5) is 5.69 Å². The van der Waals surface area contributed by atoms with Crippen molar-refractivity contribution in [3.8, 4) is 22.8 Å². The molecule has 0 radical (unpaired) electrons. The first kappa shape index (κ1) is 23.3. The van der Waals surface area contributed by atoms with E-state index in [1.807, 2.05) is 24.5 Å². The molecule has 0 aliphatic carbocycles. The van der Waals surface area contributed by atoms with Crippen molar-refractivity contribution >= 4 is 27.8 Å². The smallest absolute Gasteiger partial charge is 0.161 e. The minimum absolute atomic E-state index is 0.731. The molecule has 2 saturated heterocycles. The third-order valence-corrected chi connectivity index (χ3v) is 7.91. The van der Waals surface area contributed by atoms with E-state index in [-0.39, 0.29) is 0 Å². The maximum absolute atomic E-state index is 5.04. The van der Waals surface area contributed by atoms with Crippen molar-refractivity contribution < 1.29 is 0 Å². The number of nitrogens with zero attached hydrogens (tertiary/aromatic N) is 7. The van der Waals surface area contributed by atoms with Gasteiger partial charge in [-0.3, -0.25) is 15.0 Å². The highest BCUT2D eigenvalue weighted by Crippen LogP contribution is 2.31. The number of rotatable bonds is 5. The Labute approximate surface area is 221 Å². The zero-order valence-corrected chi connectivity index (χ0v) is 21.8. The minimum Gasteiger partial charge on any atom is -0.367 e. The van der Waals surface area contributed by atoms with E-state index in [1.54, 1.807) is 0 Å². The highest BCUT2D eigenvalue weighted by atomic mass is 15.3. The Balaban J connectivity index is 1.22. The molecule has 2 N–H and O–H groups in total. The third-order valence-electron chi connectivity index (χ3n) is 7.91. The number of pyridine rings is 2. The van der Waals surface area contributed by atoms with E-state index in [0.717, 1.165) is 77.6 Å². The maximum atomic E-state index is 5.04. The normalized spacial score (nSPS) is 17.6. The number of para-hydroxylation sites is 1. The highest BCUT2D eigenvalue weighted by molar-refractivity contribution is 5.95. The average Bonchev–Trinajstić information content (AvgIpc) is 3.58. The Morgan fingerprint density at radius 1 is 0.842 bits per heavy atom. The molecule has 2 aliphatic rings. The molecule has 9 nitrogen and oxygen atoms in total. The fraction of sp³-hybridized carbons (Fsp3) is 0.379. The second-order valence-corrected chi connectivity index (χ2v) is 10.6. The van der Waals surface area contributed by atoms with Gasteiger partial charge >= 0.3 is 0 Å². The number of H-pyrrole nitrogens is 2. The van der Waals surface area contributed by atoms with Crippen LogP contribution in [0.15, 0.2) is 48.8 Å². The van der Waals surface area contributed by atoms with Crippen molar-refractivity contribution in [1.82, 2.24) is 39.9 Å². The lowest BCUT2D eigenvalue weighted by atomic mass is 10.1. The summed E-state index contributed by atoms with van der Waals surface area (Å²) in [5.74, 6) is 0.731. The van der Waals surface area contributed by atoms with Gasteiger partial charge in [-0.05, 0) is 68.9 Å². The molecular formula is C29H33N9. The topological polar surface area (TPSA) is 92.9 Å². The Bertz CT molecular complexity index is 1570. The fourth-order valence-electron chi connectivity index (χ4n) is 5.75. The lowest BCUT2D eigenvalue weighted by Gasteiger charge is -2.34. The van der Waals surface area contributed by atoms with Crippen LogP contribution in [0.25, 0.3) is 44.8 Å². The lowest BCUT2D eigenvalue weighted by Crippen LogP contribution is -2.44. The lowest BCUT2D eigenvalue weighted by molar-refractivity contribution is 0.220. The standard InChI is InChI=1S/C29H33N9/c1-36-12-14-38(15-13-36)25-7-5-6-23-26(25)33-29(32-23)28-27-24(34-35-28)9-8-22(31-27)21-16-20(17-30-18-21)19-37-10-3-2-4-11-37/h5-9,16-18H,2-4,10-15,19H2,1H3,(H,32,33)(H,34,35). The largest absolute Gasteiger partial charge is 0.367 e. The van der Waals surface area contributed by atoms with Gasteiger partial charge in [0.05, 0.1) is 22.4 Å². The number of piperazine rings is 1. The number of aromatic amines is 2. The number of hydrogen-bond donors (Lipinski definition) is 2. The number of aromatic nitrogens is 6. The van der Waals surface area contributed by atoms with E-state index in [0.29, 0.717) is 0 Å². The Hall–Kier alpha value is -3.82. The number of anilines is 1. The van der Waals surface area contributed by atoms with Gasteiger partial charge in [0.15, 0.2) is 11.5 Å². The molecule has 0 saturated carbocycles. The van der Waals surface area contributed by atoms with E-state index >= 15 is 0 Å². The number of nitrogens with one attached hydrogen (secondary N) is 2. The molecule has 4 aromatic heterocycles. The molecule has 9 heteroatoms. The van der Waals surface area contributed by atoms with Gasteiger partial charge in [-0.25, -0.2) is 9.97 Å². The highest BCUT2D eigenvalue weighted by Gasteiger charge is 2.20. The molecule has 1 aromatic carbocycles. The van der Waals surface area contributed by atoms with Gasteiger partial charge in [-0.1, -0.05) is 12.5 Å². The zero-order valence-electron chi connectivity index (χ0n) is 21.8. The number of fused-ring (bicyclic) bond motifs is 2. The molecule has 0 spiro atoms. The van der Waals surface area contributed by atoms with Crippen molar-refractivity contribution in [2.24, 2.45) is 0 Å². The maximum Gasteiger partial charge on any atom is 0.161 e. The van der Waals surface area contributed by atoms with Crippen molar-refractivity contribution in [1.29, 1.82) is 0 Å². The van der Waals surface area contributed by atoms with Crippen molar-refractivity contribution in [2.45, 2.75) is 25.8 Å². The van der Waals surface area contributed by atoms with Crippen LogP contribution in [-0.4, -0.2) is 86.2 Å². The molecule has 0 unspecified atom stereocenters. The van der Waals surface area contributed by atoms with E-state index in [9.17, 15) is 0 Å². The van der Waals surface area contributed by atoms with E-state index < -0.39 is 0 Å². The predicted octanol–water partition coefficient (Wildman–Crippen LogP) is 4.30. The van der Waals surface area contributed by atoms with E-state index in [2.05, 4.69) is 66.2 Å². The summed E-state index contributed by atoms with van der Waals surface area (Å²) in [5, 5.41) is 7.77. The van der Waals surface area contributed by atoms with Crippen molar-refractivity contribution in [3.05, 3.63) is 54.4 Å². The summed E-state index contributed by atoms with van der Waals surface area (Å²) >= 11 is 0. The molecule has 0 amide bonds. The Morgan fingerprint density at radius 2 is 1.71 bits per heavy atom. The Kier molecular flexibility index (Phi) is 6.02. The molecule has 38 heavy (non-hydrogen) atoms. The van der Waals surface area contributed by atoms with Crippen LogP contribution in [0.3, 0.4) is 0 Å². The summed E-state index contributed by atoms with van der Waals surface area (Å²) in [6.45, 7) is 7.38. The van der Waals surface area contributed by atoms with Crippen LogP contribution >= 0.6 is 0 Å². The summed E-state index contributed by atoms with van der Waals surface area (Å²) in [6, 6.07) is 12.7. The SMILES string of the molecule is CN1CCN(c2cccc3[nH]c(-c4n[nH]c5ccc(-c6cncc(CN7CCCCC7)c6)nc45)nc23)CC1. The third kappa shape index (κ3) is 4.41. The average molecular weight is 508 g/mol. The summed E-state index contributed by atoms with van der Waals surface area (Å²) in [5.41, 5.74) is 8.74. The number of benzene rings is 1. The van der Waals surface area contributed by atoms with Gasteiger partial charge in [0, 0.05) is 50.7 Å². The summed E-state index contributed by atoms with van der Waals surface area (Å²) in [6.07, 6.45) is 7.79. The van der Waals surface area contributed by atoms with Gasteiger partial charge < -0.3 is 14.8 Å². The summed E-state index contributed by atoms with van der Waals surface area (Å²) in [7, 11) is 2.18. The van der Waals surface area contributed by atoms with Crippen LogP contribution in [0.1, 0.15) is 24.8 Å². The quantitative estimate of drug-likeness (QED) is 0.366. The molecule has 0 bridgehead atoms. The molecule has 0 atom stereocenters. The number of likely N-dealkylation sites (tertiary alicyclic amines) is 1. The fourth-order valence-corrected chi connectivity index (χ4v) is 5.75. The number of imidazole rings is 1. The van der Waals surface area contributed by atoms with Crippen molar-refractivity contribution in [2.75, 3.05) is 51.2 Å². The zero-order chi connectivity index (χ0) is 25.5. The number of hydrogen-bond acceptors (Lipinski definition) is 7. The predicted molar refractivity (Wildman–Crippen MR) is 151 cm³/mol. The second-order valence-electron chi connectivity index (χ2n) is 10.6. The minimum atomic E-state index is 0.731. The Morgan fingerprint density at radius 3 is 2.58 bits per heavy atom. The molecule has 6 heterocycles. The van der Waals surface area contributed by atoms with Crippen molar-refractivity contribution in [3.63, 3.8) is 0 Å². The number of likely N-dealkylation sites (N-methyl/N-ethyl adjacent to an activating group) is 1. The van der Waals surface area contributed by atoms with Crippen LogP contribution in [-0.2, 0) is 6.54 Å². The molecule has 194 valence electrons. The molecule has 5 aromatic rings. The molecule has 2 aliphatic heterocycles.